The van der Waals surface area contributed by atoms with Gasteiger partial charge in [0.15, 0.2) is 0 Å². The molecule has 1 amide bonds. The van der Waals surface area contributed by atoms with Crippen LogP contribution in [0.2, 0.25) is 0 Å². The van der Waals surface area contributed by atoms with E-state index in [-0.39, 0.29) is 11.7 Å². The van der Waals surface area contributed by atoms with Crippen LogP contribution >= 0.6 is 11.8 Å². The fraction of sp³-hybridized carbons (Fsp3) is 0.222. The lowest BCUT2D eigenvalue weighted by atomic mass is 10.1. The van der Waals surface area contributed by atoms with Crippen LogP contribution in [0.1, 0.15) is 11.1 Å². The van der Waals surface area contributed by atoms with Crippen LogP contribution < -0.4 is 10.1 Å². The molecule has 0 saturated heterocycles. The monoisotopic (exact) mass is 369 g/mol. The summed E-state index contributed by atoms with van der Waals surface area (Å²) in [5.74, 6) is 0.817. The fourth-order valence-corrected chi connectivity index (χ4v) is 3.07. The molecule has 0 aliphatic carbocycles. The van der Waals surface area contributed by atoms with Gasteiger partial charge in [0, 0.05) is 5.69 Å². The van der Waals surface area contributed by atoms with E-state index in [0.717, 1.165) is 22.6 Å². The molecule has 2 aromatic carbocycles. The maximum atomic E-state index is 12.2. The van der Waals surface area contributed by atoms with Crippen LogP contribution in [0.3, 0.4) is 0 Å². The minimum atomic E-state index is -0.129. The van der Waals surface area contributed by atoms with Crippen molar-refractivity contribution in [2.45, 2.75) is 19.0 Å². The van der Waals surface area contributed by atoms with E-state index in [1.54, 1.807) is 36.1 Å². The molecule has 1 heterocycles. The molecule has 134 valence electrons. The minimum Gasteiger partial charge on any atom is -0.497 e. The molecular weight excluding hydrogens is 350 g/mol. The zero-order valence-corrected chi connectivity index (χ0v) is 15.6. The van der Waals surface area contributed by atoms with E-state index < -0.39 is 0 Å². The molecule has 0 fully saturated rings. The van der Waals surface area contributed by atoms with Gasteiger partial charge < -0.3 is 10.1 Å². The third kappa shape index (κ3) is 4.02. The van der Waals surface area contributed by atoms with Crippen LogP contribution in [0.5, 0.6) is 5.75 Å². The number of anilines is 1. The zero-order valence-electron chi connectivity index (χ0n) is 14.8. The molecule has 1 aromatic heterocycles. The number of ether oxygens (including phenoxy) is 1. The molecule has 0 aliphatic heterocycles. The molecule has 8 heteroatoms. The number of rotatable bonds is 6. The summed E-state index contributed by atoms with van der Waals surface area (Å²) in [5.41, 5.74) is 3.88. The highest BCUT2D eigenvalue weighted by atomic mass is 32.2. The maximum Gasteiger partial charge on any atom is 0.234 e. The smallest absolute Gasteiger partial charge is 0.234 e. The van der Waals surface area contributed by atoms with E-state index in [1.165, 1.54) is 11.8 Å². The van der Waals surface area contributed by atoms with Gasteiger partial charge in [-0.25, -0.2) is 0 Å². The SMILES string of the molecule is COc1ccc(NC(=O)CSc2nnnn2-c2cccc(C)c2C)cc1. The van der Waals surface area contributed by atoms with Crippen molar-refractivity contribution in [3.63, 3.8) is 0 Å². The van der Waals surface area contributed by atoms with Crippen LogP contribution in [0, 0.1) is 13.8 Å². The summed E-state index contributed by atoms with van der Waals surface area (Å²) in [6.07, 6.45) is 0. The lowest BCUT2D eigenvalue weighted by Gasteiger charge is -2.09. The predicted molar refractivity (Wildman–Crippen MR) is 101 cm³/mol. The van der Waals surface area contributed by atoms with E-state index in [9.17, 15) is 4.79 Å². The molecule has 0 saturated carbocycles. The Morgan fingerprint density at radius 1 is 1.19 bits per heavy atom. The highest BCUT2D eigenvalue weighted by Gasteiger charge is 2.14. The molecule has 0 radical (unpaired) electrons. The van der Waals surface area contributed by atoms with Crippen molar-refractivity contribution < 1.29 is 9.53 Å². The van der Waals surface area contributed by atoms with Crippen molar-refractivity contribution >= 4 is 23.4 Å². The van der Waals surface area contributed by atoms with E-state index in [2.05, 4.69) is 20.8 Å². The van der Waals surface area contributed by atoms with E-state index in [0.29, 0.717) is 10.8 Å². The number of nitrogens with one attached hydrogen (secondary N) is 1. The summed E-state index contributed by atoms with van der Waals surface area (Å²) in [4.78, 5) is 12.2. The quantitative estimate of drug-likeness (QED) is 0.673. The molecule has 7 nitrogen and oxygen atoms in total. The number of carbonyl (C=O) groups is 1. The Morgan fingerprint density at radius 2 is 1.96 bits per heavy atom. The minimum absolute atomic E-state index is 0.129. The standard InChI is InChI=1S/C18H19N5O2S/c1-12-5-4-6-16(13(12)2)23-18(20-21-22-23)26-11-17(24)19-14-7-9-15(25-3)10-8-14/h4-10H,11H2,1-3H3,(H,19,24). The predicted octanol–water partition coefficient (Wildman–Crippen LogP) is 3.02. The number of hydrogen-bond acceptors (Lipinski definition) is 6. The van der Waals surface area contributed by atoms with Gasteiger partial charge in [0.05, 0.1) is 18.6 Å². The summed E-state index contributed by atoms with van der Waals surface area (Å²) in [6.45, 7) is 4.06. The fourth-order valence-electron chi connectivity index (χ4n) is 2.39. The second-order valence-corrected chi connectivity index (χ2v) is 6.60. The first kappa shape index (κ1) is 17.9. The third-order valence-electron chi connectivity index (χ3n) is 3.95. The molecule has 0 aliphatic rings. The van der Waals surface area contributed by atoms with Crippen molar-refractivity contribution in [3.05, 3.63) is 53.6 Å². The van der Waals surface area contributed by atoms with Gasteiger partial charge in [-0.1, -0.05) is 23.9 Å². The summed E-state index contributed by atoms with van der Waals surface area (Å²) in [5, 5.41) is 15.3. The highest BCUT2D eigenvalue weighted by molar-refractivity contribution is 7.99. The van der Waals surface area contributed by atoms with Crippen molar-refractivity contribution in [2.75, 3.05) is 18.2 Å². The van der Waals surface area contributed by atoms with Crippen molar-refractivity contribution in [1.82, 2.24) is 20.2 Å². The maximum absolute atomic E-state index is 12.2. The first-order chi connectivity index (χ1) is 12.6. The van der Waals surface area contributed by atoms with E-state index in [1.807, 2.05) is 32.0 Å². The van der Waals surface area contributed by atoms with Crippen molar-refractivity contribution in [1.29, 1.82) is 0 Å². The van der Waals surface area contributed by atoms with Gasteiger partial charge in [0.25, 0.3) is 0 Å². The van der Waals surface area contributed by atoms with Crippen LogP contribution in [0.15, 0.2) is 47.6 Å². The van der Waals surface area contributed by atoms with Gasteiger partial charge in [-0.3, -0.25) is 4.79 Å². The number of hydrogen-bond donors (Lipinski definition) is 1. The highest BCUT2D eigenvalue weighted by Crippen LogP contribution is 2.22. The van der Waals surface area contributed by atoms with Gasteiger partial charge in [-0.15, -0.1) is 5.10 Å². The Balaban J connectivity index is 1.66. The molecule has 0 bridgehead atoms. The second kappa shape index (κ2) is 8.01. The first-order valence-electron chi connectivity index (χ1n) is 8.00. The summed E-state index contributed by atoms with van der Waals surface area (Å²) in [7, 11) is 1.60. The summed E-state index contributed by atoms with van der Waals surface area (Å²) in [6, 6.07) is 13.1. The number of carbonyl (C=O) groups excluding carboxylic acids is 1. The normalized spacial score (nSPS) is 10.6. The molecule has 1 N–H and O–H groups in total. The van der Waals surface area contributed by atoms with E-state index >= 15 is 0 Å². The summed E-state index contributed by atoms with van der Waals surface area (Å²) >= 11 is 1.29. The topological polar surface area (TPSA) is 81.9 Å². The van der Waals surface area contributed by atoms with Crippen LogP contribution in [-0.2, 0) is 4.79 Å². The van der Waals surface area contributed by atoms with Gasteiger partial charge in [-0.2, -0.15) is 4.68 Å². The number of thioether (sulfide) groups is 1. The molecular formula is C18H19N5O2S. The zero-order chi connectivity index (χ0) is 18.5. The van der Waals surface area contributed by atoms with Crippen LogP contribution in [0.25, 0.3) is 5.69 Å². The first-order valence-corrected chi connectivity index (χ1v) is 8.98. The molecule has 0 unspecified atom stereocenters. The number of benzene rings is 2. The Hall–Kier alpha value is -2.87. The average Bonchev–Trinajstić information content (AvgIpc) is 3.11. The lowest BCUT2D eigenvalue weighted by molar-refractivity contribution is -0.113. The number of aromatic nitrogens is 4. The van der Waals surface area contributed by atoms with Crippen LogP contribution in [0.4, 0.5) is 5.69 Å². The number of methoxy groups -OCH3 is 1. The second-order valence-electron chi connectivity index (χ2n) is 5.66. The number of aryl methyl sites for hydroxylation is 1. The van der Waals surface area contributed by atoms with Gasteiger partial charge in [-0.05, 0) is 65.7 Å². The van der Waals surface area contributed by atoms with Gasteiger partial charge >= 0.3 is 0 Å². The largest absolute Gasteiger partial charge is 0.497 e. The molecule has 3 rings (SSSR count). The van der Waals surface area contributed by atoms with E-state index in [4.69, 9.17) is 4.74 Å². The van der Waals surface area contributed by atoms with Crippen molar-refractivity contribution in [3.8, 4) is 11.4 Å². The lowest BCUT2D eigenvalue weighted by Crippen LogP contribution is -2.14. The van der Waals surface area contributed by atoms with Gasteiger partial charge in [0.1, 0.15) is 5.75 Å². The average molecular weight is 369 g/mol. The van der Waals surface area contributed by atoms with Crippen LogP contribution in [-0.4, -0.2) is 39.0 Å². The number of amides is 1. The molecule has 26 heavy (non-hydrogen) atoms. The summed E-state index contributed by atoms with van der Waals surface area (Å²) < 4.78 is 6.76. The van der Waals surface area contributed by atoms with Crippen molar-refractivity contribution in [2.24, 2.45) is 0 Å². The Morgan fingerprint density at radius 3 is 2.69 bits per heavy atom. The Bertz CT molecular complexity index is 908. The molecule has 0 atom stereocenters. The number of nitrogens with zero attached hydrogens (tertiary/aromatic N) is 4. The molecule has 3 aromatic rings. The van der Waals surface area contributed by atoms with Gasteiger partial charge in [0.2, 0.25) is 11.1 Å². The third-order valence-corrected chi connectivity index (χ3v) is 4.87. The number of tetrazole rings is 1. The Kier molecular flexibility index (Phi) is 5.52. The Labute approximate surface area is 155 Å². The molecule has 0 spiro atoms.